The standard InChI is InChI=1S/C19H22N2O3S/c22-17-12-13(19(24-17)9-3-4-10-19)18(23)20-11-5-8-16-21-14-6-1-2-7-15(14)25-16/h1-2,6-7,13H,3-5,8-12H2,(H,20,23)/t13-/m1/s1. The fourth-order valence-electron chi connectivity index (χ4n) is 4.05. The van der Waals surface area contributed by atoms with Gasteiger partial charge in [0, 0.05) is 13.0 Å². The van der Waals surface area contributed by atoms with Crippen molar-refractivity contribution >= 4 is 33.4 Å². The molecule has 1 aliphatic heterocycles. The number of fused-ring (bicyclic) bond motifs is 1. The lowest BCUT2D eigenvalue weighted by atomic mass is 9.85. The lowest BCUT2D eigenvalue weighted by Gasteiger charge is -2.27. The quantitative estimate of drug-likeness (QED) is 0.658. The number of hydrogen-bond donors (Lipinski definition) is 1. The molecular weight excluding hydrogens is 336 g/mol. The Morgan fingerprint density at radius 1 is 1.32 bits per heavy atom. The van der Waals surface area contributed by atoms with Crippen LogP contribution in [0.4, 0.5) is 0 Å². The number of para-hydroxylation sites is 1. The lowest BCUT2D eigenvalue weighted by molar-refractivity contribution is -0.149. The highest BCUT2D eigenvalue weighted by Crippen LogP contribution is 2.45. The van der Waals surface area contributed by atoms with E-state index in [2.05, 4.69) is 16.4 Å². The molecule has 132 valence electrons. The number of aromatic nitrogens is 1. The number of thiazole rings is 1. The highest BCUT2D eigenvalue weighted by atomic mass is 32.1. The van der Waals surface area contributed by atoms with E-state index in [0.29, 0.717) is 6.54 Å². The molecule has 1 amide bonds. The van der Waals surface area contributed by atoms with Gasteiger partial charge >= 0.3 is 5.97 Å². The Morgan fingerprint density at radius 2 is 2.12 bits per heavy atom. The van der Waals surface area contributed by atoms with Gasteiger partial charge in [-0.25, -0.2) is 4.98 Å². The lowest BCUT2D eigenvalue weighted by Crippen LogP contribution is -2.43. The summed E-state index contributed by atoms with van der Waals surface area (Å²) in [5.74, 6) is -0.571. The van der Waals surface area contributed by atoms with Crippen LogP contribution in [-0.2, 0) is 20.7 Å². The number of amides is 1. The van der Waals surface area contributed by atoms with Crippen LogP contribution < -0.4 is 5.32 Å². The van der Waals surface area contributed by atoms with Gasteiger partial charge in [-0.3, -0.25) is 9.59 Å². The van der Waals surface area contributed by atoms with Crippen molar-refractivity contribution in [1.29, 1.82) is 0 Å². The average molecular weight is 358 g/mol. The molecule has 6 heteroatoms. The van der Waals surface area contributed by atoms with Gasteiger partial charge < -0.3 is 10.1 Å². The number of carbonyl (C=O) groups is 2. The minimum atomic E-state index is -0.520. The van der Waals surface area contributed by atoms with E-state index in [4.69, 9.17) is 4.74 Å². The Bertz CT molecular complexity index is 762. The number of nitrogens with zero attached hydrogens (tertiary/aromatic N) is 1. The van der Waals surface area contributed by atoms with Crippen molar-refractivity contribution < 1.29 is 14.3 Å². The highest BCUT2D eigenvalue weighted by Gasteiger charge is 2.53. The molecule has 5 nitrogen and oxygen atoms in total. The summed E-state index contributed by atoms with van der Waals surface area (Å²) in [6, 6.07) is 8.12. The van der Waals surface area contributed by atoms with Gasteiger partial charge in [-0.05, 0) is 44.2 Å². The fraction of sp³-hybridized carbons (Fsp3) is 0.526. The zero-order valence-corrected chi connectivity index (χ0v) is 14.9. The summed E-state index contributed by atoms with van der Waals surface area (Å²) in [6.45, 7) is 0.607. The maximum absolute atomic E-state index is 12.5. The molecular formula is C19H22N2O3S. The van der Waals surface area contributed by atoms with Crippen molar-refractivity contribution in [2.75, 3.05) is 6.54 Å². The first-order valence-electron chi connectivity index (χ1n) is 9.00. The third kappa shape index (κ3) is 3.27. The first kappa shape index (κ1) is 16.5. The number of rotatable bonds is 5. The SMILES string of the molecule is O=C1C[C@H](C(=O)NCCCc2nc3ccccc3s2)C2(CCCC2)O1. The molecule has 2 aromatic rings. The van der Waals surface area contributed by atoms with E-state index < -0.39 is 5.60 Å². The van der Waals surface area contributed by atoms with E-state index >= 15 is 0 Å². The first-order chi connectivity index (χ1) is 12.2. The number of ether oxygens (including phenoxy) is 1. The molecule has 4 rings (SSSR count). The summed E-state index contributed by atoms with van der Waals surface area (Å²) >= 11 is 1.71. The zero-order chi connectivity index (χ0) is 17.3. The van der Waals surface area contributed by atoms with Crippen LogP contribution in [-0.4, -0.2) is 29.0 Å². The van der Waals surface area contributed by atoms with Crippen LogP contribution in [0.1, 0.15) is 43.5 Å². The normalized spacial score (nSPS) is 21.8. The molecule has 1 aromatic heterocycles. The third-order valence-electron chi connectivity index (χ3n) is 5.29. The molecule has 1 saturated carbocycles. The van der Waals surface area contributed by atoms with Gasteiger partial charge in [-0.2, -0.15) is 0 Å². The minimum absolute atomic E-state index is 0.0305. The van der Waals surface area contributed by atoms with Crippen LogP contribution in [0.5, 0.6) is 0 Å². The van der Waals surface area contributed by atoms with Crippen molar-refractivity contribution in [1.82, 2.24) is 10.3 Å². The smallest absolute Gasteiger partial charge is 0.307 e. The van der Waals surface area contributed by atoms with Gasteiger partial charge in [0.25, 0.3) is 0 Å². The van der Waals surface area contributed by atoms with E-state index in [1.54, 1.807) is 11.3 Å². The number of nitrogens with one attached hydrogen (secondary N) is 1. The van der Waals surface area contributed by atoms with Crippen molar-refractivity contribution in [2.45, 2.75) is 50.5 Å². The second kappa shape index (κ2) is 6.75. The van der Waals surface area contributed by atoms with Gasteiger partial charge in [-0.15, -0.1) is 11.3 Å². The van der Waals surface area contributed by atoms with Crippen LogP contribution in [0.25, 0.3) is 10.2 Å². The molecule has 1 N–H and O–H groups in total. The summed E-state index contributed by atoms with van der Waals surface area (Å²) < 4.78 is 6.75. The van der Waals surface area contributed by atoms with Crippen molar-refractivity contribution in [3.63, 3.8) is 0 Å². The second-order valence-electron chi connectivity index (χ2n) is 6.97. The van der Waals surface area contributed by atoms with Crippen molar-refractivity contribution in [3.05, 3.63) is 29.3 Å². The summed E-state index contributed by atoms with van der Waals surface area (Å²) in [5.41, 5.74) is 0.519. The Kier molecular flexibility index (Phi) is 4.46. The Labute approximate surface area is 150 Å². The topological polar surface area (TPSA) is 68.3 Å². The van der Waals surface area contributed by atoms with E-state index in [1.807, 2.05) is 18.2 Å². The Morgan fingerprint density at radius 3 is 2.92 bits per heavy atom. The molecule has 1 aromatic carbocycles. The third-order valence-corrected chi connectivity index (χ3v) is 6.39. The summed E-state index contributed by atoms with van der Waals surface area (Å²) in [6.07, 6.45) is 5.64. The van der Waals surface area contributed by atoms with Crippen molar-refractivity contribution in [2.24, 2.45) is 5.92 Å². The van der Waals surface area contributed by atoms with Crippen molar-refractivity contribution in [3.8, 4) is 0 Å². The molecule has 25 heavy (non-hydrogen) atoms. The van der Waals surface area contributed by atoms with Crippen LogP contribution in [0.15, 0.2) is 24.3 Å². The predicted octanol–water partition coefficient (Wildman–Crippen LogP) is 3.22. The van der Waals surface area contributed by atoms with Gasteiger partial charge in [0.05, 0.1) is 27.6 Å². The largest absolute Gasteiger partial charge is 0.458 e. The number of esters is 1. The molecule has 1 atom stereocenters. The van der Waals surface area contributed by atoms with E-state index in [9.17, 15) is 9.59 Å². The summed E-state index contributed by atoms with van der Waals surface area (Å²) in [5, 5.41) is 4.11. The van der Waals surface area contributed by atoms with Crippen LogP contribution >= 0.6 is 11.3 Å². The maximum atomic E-state index is 12.5. The Balaban J connectivity index is 1.29. The molecule has 0 radical (unpaired) electrons. The summed E-state index contributed by atoms with van der Waals surface area (Å²) in [4.78, 5) is 28.9. The predicted molar refractivity (Wildman–Crippen MR) is 96.3 cm³/mol. The number of hydrogen-bond acceptors (Lipinski definition) is 5. The number of benzene rings is 1. The molecule has 1 spiro atoms. The maximum Gasteiger partial charge on any atom is 0.307 e. The first-order valence-corrected chi connectivity index (χ1v) is 9.82. The van der Waals surface area contributed by atoms with Gasteiger partial charge in [-0.1, -0.05) is 12.1 Å². The van der Waals surface area contributed by atoms with Crippen LogP contribution in [0.2, 0.25) is 0 Å². The summed E-state index contributed by atoms with van der Waals surface area (Å²) in [7, 11) is 0. The highest BCUT2D eigenvalue weighted by molar-refractivity contribution is 7.18. The average Bonchev–Trinajstić information content (AvgIpc) is 3.30. The Hall–Kier alpha value is -1.95. The van der Waals surface area contributed by atoms with Gasteiger partial charge in [0.15, 0.2) is 0 Å². The van der Waals surface area contributed by atoms with E-state index in [1.165, 1.54) is 4.70 Å². The number of carbonyl (C=O) groups excluding carboxylic acids is 2. The zero-order valence-electron chi connectivity index (χ0n) is 14.1. The molecule has 1 saturated heterocycles. The molecule has 2 heterocycles. The van der Waals surface area contributed by atoms with E-state index in [-0.39, 0.29) is 24.2 Å². The van der Waals surface area contributed by atoms with Gasteiger partial charge in [0.1, 0.15) is 5.60 Å². The van der Waals surface area contributed by atoms with Crippen LogP contribution in [0, 0.1) is 5.92 Å². The molecule has 2 aliphatic rings. The molecule has 0 bridgehead atoms. The molecule has 0 unspecified atom stereocenters. The monoisotopic (exact) mass is 358 g/mol. The van der Waals surface area contributed by atoms with Gasteiger partial charge in [0.2, 0.25) is 5.91 Å². The fourth-order valence-corrected chi connectivity index (χ4v) is 5.06. The second-order valence-corrected chi connectivity index (χ2v) is 8.09. The van der Waals surface area contributed by atoms with E-state index in [0.717, 1.165) is 49.0 Å². The number of aryl methyl sites for hydroxylation is 1. The molecule has 2 fully saturated rings. The van der Waals surface area contributed by atoms with Crippen LogP contribution in [0.3, 0.4) is 0 Å². The minimum Gasteiger partial charge on any atom is -0.458 e. The molecule has 1 aliphatic carbocycles.